The minimum Gasteiger partial charge on any atom is -0.368 e. The van der Waals surface area contributed by atoms with Crippen LogP contribution in [0.4, 0.5) is 11.6 Å². The summed E-state index contributed by atoms with van der Waals surface area (Å²) in [4.78, 5) is 20.6. The van der Waals surface area contributed by atoms with Crippen LogP contribution in [-0.2, 0) is 0 Å². The molecule has 0 unspecified atom stereocenters. The van der Waals surface area contributed by atoms with Crippen LogP contribution in [0.3, 0.4) is 0 Å². The van der Waals surface area contributed by atoms with Gasteiger partial charge in [0.25, 0.3) is 5.91 Å². The van der Waals surface area contributed by atoms with E-state index in [-0.39, 0.29) is 11.9 Å². The number of carbonyl (C=O) groups is 1. The number of nitrogens with one attached hydrogen (secondary N) is 1. The third-order valence-corrected chi connectivity index (χ3v) is 4.49. The molecule has 0 bridgehead atoms. The summed E-state index contributed by atoms with van der Waals surface area (Å²) in [5.74, 6) is -0.0414. The molecule has 2 aromatic carbocycles. The fourth-order valence-electron chi connectivity index (χ4n) is 2.47. The van der Waals surface area contributed by atoms with Gasteiger partial charge in [-0.1, -0.05) is 30.3 Å². The molecule has 4 rings (SSSR count). The van der Waals surface area contributed by atoms with Crippen LogP contribution in [0.25, 0.3) is 21.0 Å². The molecule has 0 saturated carbocycles. The number of aromatic nitrogens is 2. The van der Waals surface area contributed by atoms with Gasteiger partial charge in [0.1, 0.15) is 0 Å². The molecule has 0 atom stereocenters. The van der Waals surface area contributed by atoms with E-state index in [0.717, 1.165) is 21.2 Å². The van der Waals surface area contributed by atoms with Crippen molar-refractivity contribution in [2.75, 3.05) is 11.1 Å². The Morgan fingerprint density at radius 1 is 1.13 bits per heavy atom. The number of rotatable bonds is 2. The van der Waals surface area contributed by atoms with E-state index in [4.69, 9.17) is 5.73 Å². The highest BCUT2D eigenvalue weighted by atomic mass is 32.1. The number of nitrogens with zero attached hydrogens (tertiary/aromatic N) is 2. The maximum atomic E-state index is 12.5. The lowest BCUT2D eigenvalue weighted by Crippen LogP contribution is -2.11. The molecule has 4 aromatic rings. The lowest BCUT2D eigenvalue weighted by molar-refractivity contribution is 0.102. The van der Waals surface area contributed by atoms with E-state index in [1.54, 1.807) is 11.6 Å². The van der Waals surface area contributed by atoms with Crippen LogP contribution in [0.15, 0.2) is 54.0 Å². The summed E-state index contributed by atoms with van der Waals surface area (Å²) in [5, 5.41) is 6.90. The van der Waals surface area contributed by atoms with Gasteiger partial charge in [0.05, 0.1) is 22.0 Å². The maximum Gasteiger partial charge on any atom is 0.258 e. The summed E-state index contributed by atoms with van der Waals surface area (Å²) in [6, 6.07) is 13.8. The number of amides is 1. The highest BCUT2D eigenvalue weighted by Gasteiger charge is 2.14. The predicted octanol–water partition coefficient (Wildman–Crippen LogP) is 3.68. The second-order valence-electron chi connectivity index (χ2n) is 5.11. The van der Waals surface area contributed by atoms with Gasteiger partial charge in [-0.2, -0.15) is 0 Å². The number of thiophene rings is 1. The molecule has 0 saturated heterocycles. The molecule has 2 aromatic heterocycles. The monoisotopic (exact) mass is 320 g/mol. The molecule has 0 radical (unpaired) electrons. The van der Waals surface area contributed by atoms with E-state index in [2.05, 4.69) is 15.3 Å². The first-order chi connectivity index (χ1) is 11.2. The van der Waals surface area contributed by atoms with Crippen molar-refractivity contribution in [3.8, 4) is 0 Å². The second kappa shape index (κ2) is 5.33. The lowest BCUT2D eigenvalue weighted by atomic mass is 10.1. The first-order valence-electron chi connectivity index (χ1n) is 7.00. The van der Waals surface area contributed by atoms with E-state index < -0.39 is 0 Å². The number of anilines is 2. The number of nitrogen functional groups attached to an aromatic ring is 1. The van der Waals surface area contributed by atoms with Gasteiger partial charge in [-0.3, -0.25) is 4.79 Å². The number of carbonyl (C=O) groups excluding carboxylic acids is 1. The highest BCUT2D eigenvalue weighted by Crippen LogP contribution is 2.25. The van der Waals surface area contributed by atoms with Gasteiger partial charge in [0.2, 0.25) is 5.95 Å². The predicted molar refractivity (Wildman–Crippen MR) is 93.7 cm³/mol. The van der Waals surface area contributed by atoms with E-state index >= 15 is 0 Å². The Hall–Kier alpha value is -2.99. The molecule has 6 heteroatoms. The van der Waals surface area contributed by atoms with Crippen molar-refractivity contribution in [2.24, 2.45) is 0 Å². The topological polar surface area (TPSA) is 80.9 Å². The van der Waals surface area contributed by atoms with E-state index in [0.29, 0.717) is 11.1 Å². The third-order valence-electron chi connectivity index (χ3n) is 3.58. The molecule has 5 nitrogen and oxygen atoms in total. The molecule has 112 valence electrons. The lowest BCUT2D eigenvalue weighted by Gasteiger charge is -2.06. The molecule has 2 heterocycles. The van der Waals surface area contributed by atoms with E-state index in [1.165, 1.54) is 11.3 Å². The molecule has 0 aliphatic heterocycles. The molecule has 0 spiro atoms. The first kappa shape index (κ1) is 13.7. The van der Waals surface area contributed by atoms with Crippen LogP contribution in [-0.4, -0.2) is 15.9 Å². The highest BCUT2D eigenvalue weighted by molar-refractivity contribution is 7.17. The van der Waals surface area contributed by atoms with Gasteiger partial charge in [-0.05, 0) is 22.9 Å². The molecule has 0 fully saturated rings. The maximum absolute atomic E-state index is 12.5. The summed E-state index contributed by atoms with van der Waals surface area (Å²) in [7, 11) is 0. The fraction of sp³-hybridized carbons (Fsp3) is 0. The van der Waals surface area contributed by atoms with Crippen LogP contribution >= 0.6 is 11.3 Å². The van der Waals surface area contributed by atoms with Crippen molar-refractivity contribution < 1.29 is 4.79 Å². The fourth-order valence-corrected chi connectivity index (χ4v) is 3.31. The summed E-state index contributed by atoms with van der Waals surface area (Å²) in [6.45, 7) is 0. The van der Waals surface area contributed by atoms with Gasteiger partial charge in [-0.15, -0.1) is 11.3 Å². The zero-order valence-corrected chi connectivity index (χ0v) is 12.8. The first-order valence-corrected chi connectivity index (χ1v) is 7.88. The van der Waals surface area contributed by atoms with Gasteiger partial charge >= 0.3 is 0 Å². The molecular weight excluding hydrogens is 308 g/mol. The molecular formula is C17H12N4OS. The van der Waals surface area contributed by atoms with Gasteiger partial charge in [-0.25, -0.2) is 9.97 Å². The van der Waals surface area contributed by atoms with Gasteiger partial charge in [0.15, 0.2) is 0 Å². The summed E-state index contributed by atoms with van der Waals surface area (Å²) >= 11 is 1.42. The Kier molecular flexibility index (Phi) is 3.17. The SMILES string of the molecule is Nc1ncc2scc(C(=O)Nc3ccc4ccccc4c3)c2n1. The number of nitrogens with two attached hydrogens (primary N) is 1. The minimum atomic E-state index is -0.204. The Balaban J connectivity index is 1.69. The van der Waals surface area contributed by atoms with Crippen LogP contribution in [0.5, 0.6) is 0 Å². The van der Waals surface area contributed by atoms with E-state index in [1.807, 2.05) is 42.5 Å². The van der Waals surface area contributed by atoms with Gasteiger partial charge in [0, 0.05) is 11.1 Å². The molecule has 1 amide bonds. The Labute approximate surface area is 135 Å². The Bertz CT molecular complexity index is 1040. The zero-order valence-electron chi connectivity index (χ0n) is 12.0. The largest absolute Gasteiger partial charge is 0.368 e. The van der Waals surface area contributed by atoms with E-state index in [9.17, 15) is 4.79 Å². The van der Waals surface area contributed by atoms with Crippen LogP contribution in [0.2, 0.25) is 0 Å². The van der Waals surface area contributed by atoms with Crippen LogP contribution in [0.1, 0.15) is 10.4 Å². The molecule has 3 N–H and O–H groups in total. The Morgan fingerprint density at radius 2 is 1.96 bits per heavy atom. The average Bonchev–Trinajstić information content (AvgIpc) is 2.98. The van der Waals surface area contributed by atoms with Crippen molar-refractivity contribution >= 4 is 49.9 Å². The van der Waals surface area contributed by atoms with Crippen molar-refractivity contribution in [2.45, 2.75) is 0 Å². The average molecular weight is 320 g/mol. The summed E-state index contributed by atoms with van der Waals surface area (Å²) in [5.41, 5.74) is 7.45. The van der Waals surface area contributed by atoms with Crippen molar-refractivity contribution in [1.29, 1.82) is 0 Å². The Morgan fingerprint density at radius 3 is 2.83 bits per heavy atom. The molecule has 23 heavy (non-hydrogen) atoms. The van der Waals surface area contributed by atoms with Crippen LogP contribution in [0, 0.1) is 0 Å². The third kappa shape index (κ3) is 2.49. The second-order valence-corrected chi connectivity index (χ2v) is 6.02. The summed E-state index contributed by atoms with van der Waals surface area (Å²) in [6.07, 6.45) is 1.63. The smallest absolute Gasteiger partial charge is 0.258 e. The molecule has 0 aliphatic rings. The number of fused-ring (bicyclic) bond motifs is 2. The van der Waals surface area contributed by atoms with Crippen molar-refractivity contribution in [3.63, 3.8) is 0 Å². The van der Waals surface area contributed by atoms with Gasteiger partial charge < -0.3 is 11.1 Å². The number of benzene rings is 2. The van der Waals surface area contributed by atoms with Crippen molar-refractivity contribution in [1.82, 2.24) is 9.97 Å². The zero-order chi connectivity index (χ0) is 15.8. The standard InChI is InChI=1S/C17H12N4OS/c18-17-19-8-14-15(21-17)13(9-23-14)16(22)20-12-6-5-10-3-1-2-4-11(10)7-12/h1-9H,(H,20,22)(H2,18,19,21). The van der Waals surface area contributed by atoms with Crippen molar-refractivity contribution in [3.05, 3.63) is 59.6 Å². The van der Waals surface area contributed by atoms with Crippen LogP contribution < -0.4 is 11.1 Å². The quantitative estimate of drug-likeness (QED) is 0.590. The summed E-state index contributed by atoms with van der Waals surface area (Å²) < 4.78 is 0.836. The number of hydrogen-bond acceptors (Lipinski definition) is 5. The minimum absolute atomic E-state index is 0.163. The normalized spacial score (nSPS) is 11.0. The molecule has 0 aliphatic carbocycles. The number of hydrogen-bond donors (Lipinski definition) is 2.